The van der Waals surface area contributed by atoms with E-state index in [-0.39, 0.29) is 0 Å². The maximum absolute atomic E-state index is 11.3. The summed E-state index contributed by atoms with van der Waals surface area (Å²) in [4.78, 5) is 64.8. The minimum absolute atomic E-state index is 0.463. The van der Waals surface area contributed by atoms with E-state index < -0.39 is 36.0 Å². The fourth-order valence-corrected chi connectivity index (χ4v) is 2.40. The molecule has 24 heavy (non-hydrogen) atoms. The second kappa shape index (κ2) is 9.18. The molecule has 0 aromatic heterocycles. The average molecular weight is 346 g/mol. The standard InChI is InChI=1S/C14H22N2O8/c1-9(17)21-15(22-10(2)18)13-7-5-6-8-14(13)16(23-11(3)19)24-12(4)20/h13-14H,5-8H2,1-4H3. The van der Waals surface area contributed by atoms with Crippen LogP contribution in [0.15, 0.2) is 0 Å². The third kappa shape index (κ3) is 6.50. The molecule has 1 fully saturated rings. The van der Waals surface area contributed by atoms with Crippen LogP contribution in [0.1, 0.15) is 53.4 Å². The van der Waals surface area contributed by atoms with Gasteiger partial charge in [0.25, 0.3) is 0 Å². The van der Waals surface area contributed by atoms with Gasteiger partial charge in [-0.25, -0.2) is 0 Å². The Hall–Kier alpha value is -2.20. The van der Waals surface area contributed by atoms with Crippen molar-refractivity contribution in [2.45, 2.75) is 65.5 Å². The van der Waals surface area contributed by atoms with Gasteiger partial charge in [0, 0.05) is 38.1 Å². The van der Waals surface area contributed by atoms with E-state index in [1.54, 1.807) is 0 Å². The molecule has 0 saturated heterocycles. The van der Waals surface area contributed by atoms with Crippen molar-refractivity contribution in [3.63, 3.8) is 0 Å². The molecule has 0 radical (unpaired) electrons. The Labute approximate surface area is 139 Å². The van der Waals surface area contributed by atoms with E-state index in [1.165, 1.54) is 0 Å². The van der Waals surface area contributed by atoms with Crippen molar-refractivity contribution >= 4 is 23.9 Å². The quantitative estimate of drug-likeness (QED) is 0.640. The van der Waals surface area contributed by atoms with Crippen molar-refractivity contribution in [3.05, 3.63) is 0 Å². The molecule has 2 atom stereocenters. The molecule has 0 N–H and O–H groups in total. The van der Waals surface area contributed by atoms with Crippen LogP contribution in [0.5, 0.6) is 0 Å². The molecule has 1 aliphatic carbocycles. The molecule has 2 unspecified atom stereocenters. The Morgan fingerprint density at radius 1 is 0.625 bits per heavy atom. The van der Waals surface area contributed by atoms with Crippen LogP contribution in [0.25, 0.3) is 0 Å². The summed E-state index contributed by atoms with van der Waals surface area (Å²) in [6.45, 7) is 4.63. The van der Waals surface area contributed by atoms with Gasteiger partial charge < -0.3 is 19.4 Å². The van der Waals surface area contributed by atoms with Gasteiger partial charge >= 0.3 is 23.9 Å². The highest BCUT2D eigenvalue weighted by molar-refractivity contribution is 5.67. The first-order valence-electron chi connectivity index (χ1n) is 7.53. The van der Waals surface area contributed by atoms with Crippen LogP contribution in [0.4, 0.5) is 0 Å². The third-order valence-electron chi connectivity index (χ3n) is 3.11. The van der Waals surface area contributed by atoms with Crippen molar-refractivity contribution in [3.8, 4) is 0 Å². The van der Waals surface area contributed by atoms with E-state index in [4.69, 9.17) is 19.4 Å². The topological polar surface area (TPSA) is 112 Å². The van der Waals surface area contributed by atoms with Crippen molar-refractivity contribution in [2.24, 2.45) is 0 Å². The highest BCUT2D eigenvalue weighted by Gasteiger charge is 2.41. The molecule has 0 heterocycles. The van der Waals surface area contributed by atoms with Gasteiger partial charge in [-0.2, -0.15) is 0 Å². The van der Waals surface area contributed by atoms with Crippen LogP contribution in [0.3, 0.4) is 0 Å². The maximum Gasteiger partial charge on any atom is 0.326 e. The number of carbonyl (C=O) groups is 4. The van der Waals surface area contributed by atoms with Crippen LogP contribution < -0.4 is 0 Å². The lowest BCUT2D eigenvalue weighted by Crippen LogP contribution is -2.54. The monoisotopic (exact) mass is 346 g/mol. The number of rotatable bonds is 6. The zero-order valence-electron chi connectivity index (χ0n) is 14.1. The van der Waals surface area contributed by atoms with E-state index in [0.717, 1.165) is 51.0 Å². The second-order valence-corrected chi connectivity index (χ2v) is 5.32. The summed E-state index contributed by atoms with van der Waals surface area (Å²) in [5.41, 5.74) is 0. The fourth-order valence-electron chi connectivity index (χ4n) is 2.40. The zero-order valence-corrected chi connectivity index (χ0v) is 14.1. The molecule has 0 aromatic rings. The van der Waals surface area contributed by atoms with E-state index in [0.29, 0.717) is 12.8 Å². The minimum Gasteiger partial charge on any atom is -0.333 e. The van der Waals surface area contributed by atoms with Gasteiger partial charge in [0.05, 0.1) is 0 Å². The number of nitrogens with zero attached hydrogens (tertiary/aromatic N) is 2. The number of hydroxylamine groups is 4. The van der Waals surface area contributed by atoms with Gasteiger partial charge in [-0.1, -0.05) is 12.8 Å². The smallest absolute Gasteiger partial charge is 0.326 e. The number of hydrogen-bond acceptors (Lipinski definition) is 10. The number of carbonyl (C=O) groups excluding carboxylic acids is 4. The predicted octanol–water partition coefficient (Wildman–Crippen LogP) is 0.814. The first-order chi connectivity index (χ1) is 11.2. The van der Waals surface area contributed by atoms with E-state index in [9.17, 15) is 19.2 Å². The lowest BCUT2D eigenvalue weighted by atomic mass is 9.91. The lowest BCUT2D eigenvalue weighted by molar-refractivity contribution is -0.393. The molecule has 0 aromatic carbocycles. The van der Waals surface area contributed by atoms with Crippen LogP contribution in [0, 0.1) is 0 Å². The summed E-state index contributed by atoms with van der Waals surface area (Å²) >= 11 is 0. The molecule has 0 aliphatic heterocycles. The maximum atomic E-state index is 11.3. The Kier molecular flexibility index (Phi) is 7.59. The summed E-state index contributed by atoms with van der Waals surface area (Å²) in [5.74, 6) is -2.75. The summed E-state index contributed by atoms with van der Waals surface area (Å²) < 4.78 is 0. The minimum atomic E-state index is -0.688. The second-order valence-electron chi connectivity index (χ2n) is 5.32. The molecule has 0 spiro atoms. The van der Waals surface area contributed by atoms with Crippen molar-refractivity contribution in [2.75, 3.05) is 0 Å². The highest BCUT2D eigenvalue weighted by atomic mass is 17.0. The van der Waals surface area contributed by atoms with Gasteiger partial charge in [-0.3, -0.25) is 19.2 Å². The molecular weight excluding hydrogens is 324 g/mol. The lowest BCUT2D eigenvalue weighted by Gasteiger charge is -2.38. The summed E-state index contributed by atoms with van der Waals surface area (Å²) in [7, 11) is 0. The van der Waals surface area contributed by atoms with Crippen LogP contribution in [-0.2, 0) is 38.5 Å². The Bertz CT molecular complexity index is 419. The molecule has 0 bridgehead atoms. The molecule has 1 saturated carbocycles. The molecule has 1 aliphatic rings. The molecule has 10 nitrogen and oxygen atoms in total. The first kappa shape index (κ1) is 19.8. The van der Waals surface area contributed by atoms with Crippen molar-refractivity contribution in [1.82, 2.24) is 10.5 Å². The molecular formula is C14H22N2O8. The van der Waals surface area contributed by atoms with Crippen molar-refractivity contribution in [1.29, 1.82) is 0 Å². The van der Waals surface area contributed by atoms with Crippen LogP contribution in [0.2, 0.25) is 0 Å². The molecule has 136 valence electrons. The van der Waals surface area contributed by atoms with Crippen LogP contribution in [-0.4, -0.2) is 46.4 Å². The first-order valence-corrected chi connectivity index (χ1v) is 7.53. The van der Waals surface area contributed by atoms with E-state index >= 15 is 0 Å². The van der Waals surface area contributed by atoms with Gasteiger partial charge in [0.15, 0.2) is 0 Å². The average Bonchev–Trinajstić information content (AvgIpc) is 2.44. The van der Waals surface area contributed by atoms with E-state index in [1.807, 2.05) is 0 Å². The largest absolute Gasteiger partial charge is 0.333 e. The highest BCUT2D eigenvalue weighted by Crippen LogP contribution is 2.28. The van der Waals surface area contributed by atoms with Gasteiger partial charge in [0.1, 0.15) is 12.1 Å². The summed E-state index contributed by atoms with van der Waals surface area (Å²) in [6, 6.07) is -1.35. The third-order valence-corrected chi connectivity index (χ3v) is 3.11. The van der Waals surface area contributed by atoms with Gasteiger partial charge in [-0.15, -0.1) is 0 Å². The van der Waals surface area contributed by atoms with E-state index in [2.05, 4.69) is 0 Å². The summed E-state index contributed by atoms with van der Waals surface area (Å²) in [5, 5.41) is 1.54. The van der Waals surface area contributed by atoms with Crippen LogP contribution >= 0.6 is 0 Å². The predicted molar refractivity (Wildman–Crippen MR) is 76.8 cm³/mol. The molecule has 1 rings (SSSR count). The summed E-state index contributed by atoms with van der Waals surface area (Å²) in [6.07, 6.45) is 2.44. The Balaban J connectivity index is 3.03. The Morgan fingerprint density at radius 3 is 1.08 bits per heavy atom. The Morgan fingerprint density at radius 2 is 0.875 bits per heavy atom. The molecule has 0 amide bonds. The van der Waals surface area contributed by atoms with Gasteiger partial charge in [-0.05, 0) is 12.8 Å². The van der Waals surface area contributed by atoms with Crippen molar-refractivity contribution < 1.29 is 38.5 Å². The fraction of sp³-hybridized carbons (Fsp3) is 0.714. The normalized spacial score (nSPS) is 20.4. The SMILES string of the molecule is CC(=O)ON(OC(C)=O)C1CCCCC1N(OC(C)=O)OC(C)=O. The van der Waals surface area contributed by atoms with Gasteiger partial charge in [0.2, 0.25) is 0 Å². The number of hydrogen-bond donors (Lipinski definition) is 0. The molecule has 10 heteroatoms. The zero-order chi connectivity index (χ0) is 18.3.